The van der Waals surface area contributed by atoms with Gasteiger partial charge >= 0.3 is 18.0 Å². The second-order valence-electron chi connectivity index (χ2n) is 9.41. The monoisotopic (exact) mass is 517 g/mol. The van der Waals surface area contributed by atoms with Crippen LogP contribution in [0, 0.1) is 5.41 Å². The first kappa shape index (κ1) is 33.8. The van der Waals surface area contributed by atoms with Crippen LogP contribution >= 0.6 is 0 Å². The zero-order chi connectivity index (χ0) is 27.9. The van der Waals surface area contributed by atoms with Crippen molar-refractivity contribution >= 4 is 23.8 Å². The predicted octanol–water partition coefficient (Wildman–Crippen LogP) is 3.97. The number of rotatable bonds is 18. The lowest BCUT2D eigenvalue weighted by Gasteiger charge is -2.34. The molecule has 36 heavy (non-hydrogen) atoms. The molecule has 0 aromatic carbocycles. The van der Waals surface area contributed by atoms with Gasteiger partial charge < -0.3 is 29.0 Å². The molecule has 0 aromatic rings. The summed E-state index contributed by atoms with van der Waals surface area (Å²) in [5.41, 5.74) is -2.72. The third-order valence-electron chi connectivity index (χ3n) is 6.16. The van der Waals surface area contributed by atoms with Gasteiger partial charge in [0.25, 0.3) is 0 Å². The average molecular weight is 518 g/mol. The number of carbonyl (C=O) groups is 4. The Hall–Kier alpha value is -2.20. The maximum atomic E-state index is 13.2. The molecule has 0 bridgehead atoms. The number of hydrogen-bond acceptors (Lipinski definition) is 9. The Kier molecular flexibility index (Phi) is 15.5. The summed E-state index contributed by atoms with van der Waals surface area (Å²) in [6, 6.07) is 0. The van der Waals surface area contributed by atoms with Crippen LogP contribution in [0.2, 0.25) is 0 Å². The summed E-state index contributed by atoms with van der Waals surface area (Å²) in [7, 11) is 1.40. The van der Waals surface area contributed by atoms with Crippen molar-refractivity contribution in [2.75, 3.05) is 26.9 Å². The van der Waals surface area contributed by atoms with Gasteiger partial charge in [-0.1, -0.05) is 34.1 Å². The number of alkyl carbamates (subject to hydrolysis) is 1. The minimum atomic E-state index is -1.36. The van der Waals surface area contributed by atoms with E-state index < -0.39 is 47.0 Å². The number of ether oxygens (including phenoxy) is 5. The number of ketones is 1. The molecule has 0 radical (unpaired) electrons. The molecular formula is C26H47NO9. The Bertz CT molecular complexity index is 710. The highest BCUT2D eigenvalue weighted by Crippen LogP contribution is 2.27. The van der Waals surface area contributed by atoms with Gasteiger partial charge in [0, 0.05) is 7.05 Å². The van der Waals surface area contributed by atoms with E-state index in [2.05, 4.69) is 5.32 Å². The number of esters is 2. The quantitative estimate of drug-likeness (QED) is 0.163. The van der Waals surface area contributed by atoms with Crippen LogP contribution in [0.5, 0.6) is 0 Å². The maximum Gasteiger partial charge on any atom is 0.406 e. The molecule has 0 saturated heterocycles. The molecule has 4 unspecified atom stereocenters. The van der Waals surface area contributed by atoms with Crippen molar-refractivity contribution in [3.8, 4) is 0 Å². The summed E-state index contributed by atoms with van der Waals surface area (Å²) in [6.07, 6.45) is 0.604. The first-order chi connectivity index (χ1) is 16.8. The molecule has 10 heteroatoms. The molecule has 10 nitrogen and oxygen atoms in total. The Balaban J connectivity index is 5.41. The van der Waals surface area contributed by atoms with Gasteiger partial charge in [-0.3, -0.25) is 9.59 Å². The Morgan fingerprint density at radius 2 is 1.50 bits per heavy atom. The number of unbranched alkanes of at least 4 members (excludes halogenated alkanes) is 1. The van der Waals surface area contributed by atoms with Gasteiger partial charge in [0.2, 0.25) is 5.78 Å². The van der Waals surface area contributed by atoms with Gasteiger partial charge in [-0.25, -0.2) is 9.59 Å². The van der Waals surface area contributed by atoms with E-state index in [4.69, 9.17) is 23.7 Å². The van der Waals surface area contributed by atoms with Crippen LogP contribution in [-0.2, 0) is 38.1 Å². The summed E-state index contributed by atoms with van der Waals surface area (Å²) in [5.74, 6) is -1.69. The molecule has 0 aromatic heterocycles. The minimum Gasteiger partial charge on any atom is -0.465 e. The lowest BCUT2D eigenvalue weighted by atomic mass is 9.90. The van der Waals surface area contributed by atoms with Gasteiger partial charge in [0.1, 0.15) is 17.6 Å². The summed E-state index contributed by atoms with van der Waals surface area (Å²) in [5, 5.41) is 2.32. The molecule has 4 atom stereocenters. The third kappa shape index (κ3) is 10.8. The van der Waals surface area contributed by atoms with Crippen molar-refractivity contribution in [2.45, 2.75) is 111 Å². The summed E-state index contributed by atoms with van der Waals surface area (Å²) in [6.45, 7) is 13.5. The lowest BCUT2D eigenvalue weighted by Crippen LogP contribution is -2.49. The molecule has 0 aliphatic carbocycles. The van der Waals surface area contributed by atoms with E-state index >= 15 is 0 Å². The molecule has 0 aliphatic heterocycles. The van der Waals surface area contributed by atoms with Crippen molar-refractivity contribution in [1.29, 1.82) is 0 Å². The molecule has 210 valence electrons. The van der Waals surface area contributed by atoms with Gasteiger partial charge in [0.05, 0.1) is 19.3 Å². The molecule has 1 amide bonds. The van der Waals surface area contributed by atoms with E-state index in [1.54, 1.807) is 27.7 Å². The van der Waals surface area contributed by atoms with Gasteiger partial charge in [0.15, 0.2) is 12.2 Å². The van der Waals surface area contributed by atoms with Gasteiger partial charge in [-0.2, -0.15) is 0 Å². The average Bonchev–Trinajstić information content (AvgIpc) is 2.87. The number of amides is 1. The molecule has 0 saturated carbocycles. The van der Waals surface area contributed by atoms with E-state index in [-0.39, 0.29) is 32.3 Å². The standard InChI is InChI=1S/C26H47NO9/c1-10-14-15-32-23(30)25(7,16-33-24(31)27-9)17-34-26(8,13-4)21(28)18(5)36-22(29)19(6)35-20(11-2)12-3/h18-20H,10-17H2,1-9H3,(H,27,31). The second kappa shape index (κ2) is 16.5. The van der Waals surface area contributed by atoms with Crippen molar-refractivity contribution in [3.63, 3.8) is 0 Å². The zero-order valence-corrected chi connectivity index (χ0v) is 23.6. The van der Waals surface area contributed by atoms with E-state index in [1.807, 2.05) is 20.8 Å². The Labute approximate surface area is 216 Å². The SMILES string of the molecule is CCCCOC(=O)C(C)(COC(=O)NC)COC(C)(CC)C(=O)C(C)OC(=O)C(C)OC(CC)CC. The summed E-state index contributed by atoms with van der Waals surface area (Å²) >= 11 is 0. The first-order valence-electron chi connectivity index (χ1n) is 12.9. The summed E-state index contributed by atoms with van der Waals surface area (Å²) in [4.78, 5) is 50.2. The molecule has 0 fully saturated rings. The second-order valence-corrected chi connectivity index (χ2v) is 9.41. The Morgan fingerprint density at radius 3 is 2.00 bits per heavy atom. The lowest BCUT2D eigenvalue weighted by molar-refractivity contribution is -0.179. The molecule has 1 N–H and O–H groups in total. The predicted molar refractivity (Wildman–Crippen MR) is 135 cm³/mol. The molecule has 0 rings (SSSR count). The largest absolute Gasteiger partial charge is 0.465 e. The molecule has 0 heterocycles. The highest BCUT2D eigenvalue weighted by atomic mass is 16.6. The van der Waals surface area contributed by atoms with E-state index in [1.165, 1.54) is 14.0 Å². The highest BCUT2D eigenvalue weighted by Gasteiger charge is 2.43. The topological polar surface area (TPSA) is 126 Å². The summed E-state index contributed by atoms with van der Waals surface area (Å²) < 4.78 is 27.5. The molecule has 0 spiro atoms. The molecule has 0 aliphatic rings. The fourth-order valence-electron chi connectivity index (χ4n) is 3.18. The van der Waals surface area contributed by atoms with Crippen molar-refractivity contribution in [1.82, 2.24) is 5.32 Å². The van der Waals surface area contributed by atoms with Crippen LogP contribution < -0.4 is 5.32 Å². The fraction of sp³-hybridized carbons (Fsp3) is 0.846. The van der Waals surface area contributed by atoms with E-state index in [0.717, 1.165) is 19.3 Å². The van der Waals surface area contributed by atoms with Crippen molar-refractivity contribution in [3.05, 3.63) is 0 Å². The first-order valence-corrected chi connectivity index (χ1v) is 12.9. The fourth-order valence-corrected chi connectivity index (χ4v) is 3.18. The Morgan fingerprint density at radius 1 is 0.889 bits per heavy atom. The van der Waals surface area contributed by atoms with Crippen LogP contribution in [0.3, 0.4) is 0 Å². The van der Waals surface area contributed by atoms with E-state index in [9.17, 15) is 19.2 Å². The maximum absolute atomic E-state index is 13.2. The number of nitrogens with one attached hydrogen (secondary N) is 1. The van der Waals surface area contributed by atoms with Crippen LogP contribution in [0.25, 0.3) is 0 Å². The van der Waals surface area contributed by atoms with Crippen LogP contribution in [0.15, 0.2) is 0 Å². The normalized spacial score (nSPS) is 16.3. The smallest absolute Gasteiger partial charge is 0.406 e. The van der Waals surface area contributed by atoms with E-state index in [0.29, 0.717) is 6.42 Å². The number of hydrogen-bond donors (Lipinski definition) is 1. The van der Waals surface area contributed by atoms with Crippen LogP contribution in [0.4, 0.5) is 4.79 Å². The van der Waals surface area contributed by atoms with Crippen molar-refractivity contribution < 1.29 is 42.9 Å². The highest BCUT2D eigenvalue weighted by molar-refractivity contribution is 5.92. The minimum absolute atomic E-state index is 0.0745. The van der Waals surface area contributed by atoms with Gasteiger partial charge in [-0.05, 0) is 53.4 Å². The van der Waals surface area contributed by atoms with Crippen molar-refractivity contribution in [2.24, 2.45) is 5.41 Å². The van der Waals surface area contributed by atoms with Gasteiger partial charge in [-0.15, -0.1) is 0 Å². The van der Waals surface area contributed by atoms with Crippen LogP contribution in [0.1, 0.15) is 87.5 Å². The number of carbonyl (C=O) groups excluding carboxylic acids is 4. The molecular weight excluding hydrogens is 470 g/mol. The number of Topliss-reactive ketones (excluding diaryl/α,β-unsaturated/α-hetero) is 1. The van der Waals surface area contributed by atoms with Crippen LogP contribution in [-0.4, -0.2) is 74.6 Å². The third-order valence-corrected chi connectivity index (χ3v) is 6.16. The zero-order valence-electron chi connectivity index (χ0n) is 23.6.